The Morgan fingerprint density at radius 3 is 2.32 bits per heavy atom. The van der Waals surface area contributed by atoms with E-state index in [0.717, 1.165) is 11.3 Å². The second kappa shape index (κ2) is 6.29. The molecule has 0 saturated carbocycles. The highest BCUT2D eigenvalue weighted by atomic mass is 35.5. The summed E-state index contributed by atoms with van der Waals surface area (Å²) in [5, 5.41) is 0.264. The van der Waals surface area contributed by atoms with Crippen molar-refractivity contribution in [2.75, 3.05) is 0 Å². The molecule has 0 N–H and O–H groups in total. The molecule has 1 aromatic heterocycles. The Balaban J connectivity index is 1.62. The molecule has 4 aromatic rings. The van der Waals surface area contributed by atoms with Gasteiger partial charge in [-0.15, -0.1) is 0 Å². The fourth-order valence-electron chi connectivity index (χ4n) is 4.24. The predicted molar refractivity (Wildman–Crippen MR) is 115 cm³/mol. The number of aromatic nitrogens is 2. The first-order valence-corrected chi connectivity index (χ1v) is 9.75. The average molecular weight is 383 g/mol. The summed E-state index contributed by atoms with van der Waals surface area (Å²) >= 11 is 5.97. The van der Waals surface area contributed by atoms with Crippen LogP contribution in [-0.4, -0.2) is 9.97 Å². The molecular formula is C25H19ClN2. The maximum atomic E-state index is 5.97. The van der Waals surface area contributed by atoms with Crippen LogP contribution in [0.25, 0.3) is 33.5 Å². The third kappa shape index (κ3) is 2.64. The standard InChI is InChI=1S/C25H19ClN2/c1-25(2)21-9-4-3-8-19(21)20-11-10-17(15-22(20)25)16-6-5-7-18(14-16)23-12-13-27-24(26)28-23/h3-15H,1-2H3. The molecule has 136 valence electrons. The molecule has 5 rings (SSSR count). The van der Waals surface area contributed by atoms with Crippen LogP contribution in [0.1, 0.15) is 25.0 Å². The van der Waals surface area contributed by atoms with Crippen LogP contribution < -0.4 is 0 Å². The van der Waals surface area contributed by atoms with Crippen molar-refractivity contribution in [1.29, 1.82) is 0 Å². The largest absolute Gasteiger partial charge is 0.226 e. The van der Waals surface area contributed by atoms with Crippen LogP contribution in [0.2, 0.25) is 5.28 Å². The van der Waals surface area contributed by atoms with E-state index >= 15 is 0 Å². The van der Waals surface area contributed by atoms with Gasteiger partial charge in [-0.25, -0.2) is 9.97 Å². The summed E-state index contributed by atoms with van der Waals surface area (Å²) in [4.78, 5) is 8.32. The van der Waals surface area contributed by atoms with Crippen LogP contribution in [0.3, 0.4) is 0 Å². The Hall–Kier alpha value is -2.97. The number of rotatable bonds is 2. The molecule has 3 aromatic carbocycles. The second-order valence-electron chi connectivity index (χ2n) is 7.72. The number of benzene rings is 3. The molecule has 1 aliphatic carbocycles. The molecule has 0 radical (unpaired) electrons. The third-order valence-corrected chi connectivity index (χ3v) is 5.88. The van der Waals surface area contributed by atoms with Gasteiger partial charge in [-0.05, 0) is 63.2 Å². The fraction of sp³-hybridized carbons (Fsp3) is 0.120. The van der Waals surface area contributed by atoms with E-state index in [0.29, 0.717) is 0 Å². The minimum absolute atomic E-state index is 0.000271. The van der Waals surface area contributed by atoms with Gasteiger partial charge in [0.2, 0.25) is 5.28 Å². The molecule has 1 aliphatic rings. The van der Waals surface area contributed by atoms with Crippen LogP contribution >= 0.6 is 11.6 Å². The Labute approximate surface area is 169 Å². The van der Waals surface area contributed by atoms with Crippen LogP contribution in [0.15, 0.2) is 79.0 Å². The zero-order chi connectivity index (χ0) is 19.3. The number of hydrogen-bond donors (Lipinski definition) is 0. The first kappa shape index (κ1) is 17.2. The van der Waals surface area contributed by atoms with E-state index in [-0.39, 0.29) is 10.7 Å². The van der Waals surface area contributed by atoms with Gasteiger partial charge < -0.3 is 0 Å². The lowest BCUT2D eigenvalue weighted by atomic mass is 9.81. The van der Waals surface area contributed by atoms with Gasteiger partial charge in [-0.3, -0.25) is 0 Å². The van der Waals surface area contributed by atoms with E-state index < -0.39 is 0 Å². The van der Waals surface area contributed by atoms with Crippen molar-refractivity contribution in [2.45, 2.75) is 19.3 Å². The first-order chi connectivity index (χ1) is 13.5. The lowest BCUT2D eigenvalue weighted by Gasteiger charge is -2.22. The van der Waals surface area contributed by atoms with E-state index in [1.807, 2.05) is 6.07 Å². The van der Waals surface area contributed by atoms with E-state index in [1.165, 1.54) is 33.4 Å². The van der Waals surface area contributed by atoms with Crippen molar-refractivity contribution >= 4 is 11.6 Å². The maximum absolute atomic E-state index is 5.97. The molecule has 2 nitrogen and oxygen atoms in total. The normalized spacial score (nSPS) is 13.8. The molecule has 0 amide bonds. The van der Waals surface area contributed by atoms with Crippen molar-refractivity contribution in [3.05, 3.63) is 95.4 Å². The molecule has 1 heterocycles. The van der Waals surface area contributed by atoms with Crippen molar-refractivity contribution in [1.82, 2.24) is 9.97 Å². The minimum atomic E-state index is -0.000271. The number of hydrogen-bond acceptors (Lipinski definition) is 2. The van der Waals surface area contributed by atoms with E-state index in [2.05, 4.69) is 90.5 Å². The summed E-state index contributed by atoms with van der Waals surface area (Å²) in [5.74, 6) is 0. The van der Waals surface area contributed by atoms with E-state index in [1.54, 1.807) is 6.20 Å². The summed E-state index contributed by atoms with van der Waals surface area (Å²) in [5.41, 5.74) is 9.69. The Morgan fingerprint density at radius 2 is 1.46 bits per heavy atom. The molecule has 0 bridgehead atoms. The summed E-state index contributed by atoms with van der Waals surface area (Å²) < 4.78 is 0. The second-order valence-corrected chi connectivity index (χ2v) is 8.06. The highest BCUT2D eigenvalue weighted by Crippen LogP contribution is 2.49. The number of nitrogens with zero attached hydrogens (tertiary/aromatic N) is 2. The Kier molecular flexibility index (Phi) is 3.85. The molecule has 0 aliphatic heterocycles. The van der Waals surface area contributed by atoms with E-state index in [9.17, 15) is 0 Å². The zero-order valence-corrected chi connectivity index (χ0v) is 16.5. The van der Waals surface area contributed by atoms with Crippen LogP contribution in [-0.2, 0) is 5.41 Å². The lowest BCUT2D eigenvalue weighted by molar-refractivity contribution is 0.660. The van der Waals surface area contributed by atoms with Gasteiger partial charge in [0.25, 0.3) is 0 Å². The van der Waals surface area contributed by atoms with Gasteiger partial charge in [0.1, 0.15) is 0 Å². The third-order valence-electron chi connectivity index (χ3n) is 5.70. The van der Waals surface area contributed by atoms with Gasteiger partial charge >= 0.3 is 0 Å². The van der Waals surface area contributed by atoms with Crippen LogP contribution in [0.5, 0.6) is 0 Å². The summed E-state index contributed by atoms with van der Waals surface area (Å²) in [6, 6.07) is 25.8. The maximum Gasteiger partial charge on any atom is 0.222 e. The van der Waals surface area contributed by atoms with Crippen LogP contribution in [0.4, 0.5) is 0 Å². The van der Waals surface area contributed by atoms with Crippen molar-refractivity contribution < 1.29 is 0 Å². The zero-order valence-electron chi connectivity index (χ0n) is 15.8. The van der Waals surface area contributed by atoms with E-state index in [4.69, 9.17) is 11.6 Å². The first-order valence-electron chi connectivity index (χ1n) is 9.38. The molecule has 28 heavy (non-hydrogen) atoms. The quantitative estimate of drug-likeness (QED) is 0.357. The SMILES string of the molecule is CC1(C)c2ccccc2-c2ccc(-c3cccc(-c4ccnc(Cl)n4)c3)cc21. The fourth-order valence-corrected chi connectivity index (χ4v) is 4.39. The highest BCUT2D eigenvalue weighted by Gasteiger charge is 2.35. The van der Waals surface area contributed by atoms with Gasteiger partial charge in [0, 0.05) is 17.2 Å². The number of halogens is 1. The number of fused-ring (bicyclic) bond motifs is 3. The smallest absolute Gasteiger partial charge is 0.222 e. The van der Waals surface area contributed by atoms with Gasteiger partial charge in [0.15, 0.2) is 0 Å². The van der Waals surface area contributed by atoms with Crippen molar-refractivity contribution in [2.24, 2.45) is 0 Å². The molecule has 0 saturated heterocycles. The lowest BCUT2D eigenvalue weighted by Crippen LogP contribution is -2.14. The topological polar surface area (TPSA) is 25.8 Å². The van der Waals surface area contributed by atoms with Crippen molar-refractivity contribution in [3.8, 4) is 33.5 Å². The average Bonchev–Trinajstić information content (AvgIpc) is 2.95. The molecule has 3 heteroatoms. The van der Waals surface area contributed by atoms with Gasteiger partial charge in [0.05, 0.1) is 5.69 Å². The van der Waals surface area contributed by atoms with Crippen molar-refractivity contribution in [3.63, 3.8) is 0 Å². The summed E-state index contributed by atoms with van der Waals surface area (Å²) in [6.45, 7) is 4.61. The molecule has 0 atom stereocenters. The molecular weight excluding hydrogens is 364 g/mol. The molecule has 0 fully saturated rings. The summed E-state index contributed by atoms with van der Waals surface area (Å²) in [6.07, 6.45) is 1.69. The minimum Gasteiger partial charge on any atom is -0.226 e. The predicted octanol–water partition coefficient (Wildman–Crippen LogP) is 6.77. The van der Waals surface area contributed by atoms with Crippen LogP contribution in [0, 0.1) is 0 Å². The Morgan fingerprint density at radius 1 is 0.714 bits per heavy atom. The summed E-state index contributed by atoms with van der Waals surface area (Å²) in [7, 11) is 0. The van der Waals surface area contributed by atoms with Gasteiger partial charge in [-0.1, -0.05) is 68.4 Å². The monoisotopic (exact) mass is 382 g/mol. The highest BCUT2D eigenvalue weighted by molar-refractivity contribution is 6.28. The van der Waals surface area contributed by atoms with Gasteiger partial charge in [-0.2, -0.15) is 0 Å². The Bertz CT molecular complexity index is 1210. The molecule has 0 spiro atoms. The molecule has 0 unspecified atom stereocenters.